The average Bonchev–Trinajstić information content (AvgIpc) is 3.40. The van der Waals surface area contributed by atoms with E-state index >= 15 is 0 Å². The van der Waals surface area contributed by atoms with Crippen LogP contribution in [0, 0.1) is 12.8 Å². The normalized spacial score (nSPS) is 21.6. The molecule has 1 fully saturated rings. The monoisotopic (exact) mass is 460 g/mol. The van der Waals surface area contributed by atoms with Gasteiger partial charge >= 0.3 is 0 Å². The van der Waals surface area contributed by atoms with Gasteiger partial charge in [-0.25, -0.2) is 5.48 Å². The highest BCUT2D eigenvalue weighted by Crippen LogP contribution is 2.40. The number of fused-ring (bicyclic) bond motifs is 1. The number of aromatic nitrogens is 1. The molecule has 0 aliphatic carbocycles. The lowest BCUT2D eigenvalue weighted by Crippen LogP contribution is -2.48. The van der Waals surface area contributed by atoms with Crippen molar-refractivity contribution in [2.45, 2.75) is 25.6 Å². The standard InChI is InChI=1S/C25H24N4O5/c1-15-11-17(19-5-3-4-6-21(19)26-15)14-33-18-9-7-16(8-10-18)22-12-25(34-28-22)20(23(30)27-32)13-29(2)24(25)31/h3-11,20,32H,12-14H2,1-2H3,(H,27,30). The molecular weight excluding hydrogens is 436 g/mol. The number of ether oxygens (including phenoxy) is 1. The van der Waals surface area contributed by atoms with Gasteiger partial charge in [-0.15, -0.1) is 0 Å². The number of likely N-dealkylation sites (N-methyl/N-ethyl adjacent to an activating group) is 1. The molecule has 2 aliphatic heterocycles. The first-order chi connectivity index (χ1) is 16.4. The van der Waals surface area contributed by atoms with Crippen LogP contribution in [0.15, 0.2) is 59.8 Å². The van der Waals surface area contributed by atoms with Gasteiger partial charge < -0.3 is 14.5 Å². The second kappa shape index (κ2) is 8.42. The van der Waals surface area contributed by atoms with E-state index in [0.717, 1.165) is 27.7 Å². The van der Waals surface area contributed by atoms with Crippen molar-refractivity contribution in [2.24, 2.45) is 11.1 Å². The van der Waals surface area contributed by atoms with Crippen LogP contribution in [0.4, 0.5) is 0 Å². The maximum atomic E-state index is 12.8. The Morgan fingerprint density at radius 3 is 2.79 bits per heavy atom. The summed E-state index contributed by atoms with van der Waals surface area (Å²) < 4.78 is 6.02. The minimum absolute atomic E-state index is 0.136. The van der Waals surface area contributed by atoms with E-state index in [1.54, 1.807) is 12.5 Å². The summed E-state index contributed by atoms with van der Waals surface area (Å²) in [6.07, 6.45) is 0.136. The fourth-order valence-corrected chi connectivity index (χ4v) is 4.67. The van der Waals surface area contributed by atoms with Crippen molar-refractivity contribution < 1.29 is 24.4 Å². The molecule has 1 aromatic heterocycles. The third kappa shape index (κ3) is 3.63. The maximum Gasteiger partial charge on any atom is 0.270 e. The molecule has 9 heteroatoms. The van der Waals surface area contributed by atoms with Crippen molar-refractivity contribution in [1.29, 1.82) is 0 Å². The number of carbonyl (C=O) groups excluding carboxylic acids is 2. The first kappa shape index (κ1) is 21.8. The number of pyridine rings is 1. The lowest BCUT2D eigenvalue weighted by Gasteiger charge is -2.23. The summed E-state index contributed by atoms with van der Waals surface area (Å²) in [5, 5.41) is 14.3. The van der Waals surface area contributed by atoms with Crippen LogP contribution in [0.3, 0.4) is 0 Å². The number of carbonyl (C=O) groups is 2. The number of nitrogens with one attached hydrogen (secondary N) is 1. The summed E-state index contributed by atoms with van der Waals surface area (Å²) in [6, 6.07) is 17.3. The third-order valence-electron chi connectivity index (χ3n) is 6.42. The third-order valence-corrected chi connectivity index (χ3v) is 6.42. The zero-order valence-corrected chi connectivity index (χ0v) is 18.8. The van der Waals surface area contributed by atoms with Gasteiger partial charge in [-0.05, 0) is 48.9 Å². The van der Waals surface area contributed by atoms with E-state index in [4.69, 9.17) is 14.8 Å². The van der Waals surface area contributed by atoms with E-state index in [0.29, 0.717) is 18.1 Å². The van der Waals surface area contributed by atoms with Crippen LogP contribution in [0.25, 0.3) is 10.9 Å². The number of likely N-dealkylation sites (tertiary alicyclic amines) is 1. The molecule has 34 heavy (non-hydrogen) atoms. The number of hydroxylamine groups is 1. The molecule has 2 unspecified atom stereocenters. The molecular formula is C25H24N4O5. The number of aryl methyl sites for hydroxylation is 1. The van der Waals surface area contributed by atoms with E-state index in [2.05, 4.69) is 10.1 Å². The highest BCUT2D eigenvalue weighted by atomic mass is 16.7. The predicted octanol–water partition coefficient (Wildman–Crippen LogP) is 2.58. The molecule has 2 amide bonds. The fourth-order valence-electron chi connectivity index (χ4n) is 4.67. The van der Waals surface area contributed by atoms with Crippen molar-refractivity contribution in [3.63, 3.8) is 0 Å². The Hall–Kier alpha value is -3.98. The van der Waals surface area contributed by atoms with Crippen LogP contribution < -0.4 is 10.2 Å². The van der Waals surface area contributed by atoms with Crippen LogP contribution in [-0.4, -0.2) is 51.8 Å². The van der Waals surface area contributed by atoms with Crippen LogP contribution in [-0.2, 0) is 21.0 Å². The van der Waals surface area contributed by atoms with Gasteiger partial charge in [0.2, 0.25) is 5.60 Å². The van der Waals surface area contributed by atoms with Gasteiger partial charge in [0, 0.05) is 36.7 Å². The SMILES string of the molecule is Cc1cc(COc2ccc(C3=NOC4(C3)C(=O)N(C)CC4C(=O)NO)cc2)c2ccccc2n1. The van der Waals surface area contributed by atoms with Gasteiger partial charge in [0.25, 0.3) is 11.8 Å². The first-order valence-electron chi connectivity index (χ1n) is 10.9. The number of rotatable bonds is 5. The molecule has 3 heterocycles. The van der Waals surface area contributed by atoms with Crippen molar-refractivity contribution in [3.05, 3.63) is 71.4 Å². The number of oxime groups is 1. The number of amides is 2. The second-order valence-corrected chi connectivity index (χ2v) is 8.66. The highest BCUT2D eigenvalue weighted by Gasteiger charge is 2.61. The van der Waals surface area contributed by atoms with Gasteiger partial charge in [0.1, 0.15) is 18.3 Å². The molecule has 0 saturated carbocycles. The van der Waals surface area contributed by atoms with Gasteiger partial charge in [0.15, 0.2) is 0 Å². The Morgan fingerprint density at radius 1 is 1.26 bits per heavy atom. The van der Waals surface area contributed by atoms with Crippen molar-refractivity contribution in [2.75, 3.05) is 13.6 Å². The molecule has 174 valence electrons. The zero-order valence-electron chi connectivity index (χ0n) is 18.8. The molecule has 1 spiro atoms. The summed E-state index contributed by atoms with van der Waals surface area (Å²) in [7, 11) is 1.59. The molecule has 0 bridgehead atoms. The Balaban J connectivity index is 1.30. The Bertz CT molecular complexity index is 1310. The molecule has 3 aromatic rings. The smallest absolute Gasteiger partial charge is 0.270 e. The Morgan fingerprint density at radius 2 is 2.03 bits per heavy atom. The van der Waals surface area contributed by atoms with Crippen LogP contribution in [0.2, 0.25) is 0 Å². The number of hydrogen-bond donors (Lipinski definition) is 2. The molecule has 2 N–H and O–H groups in total. The topological polar surface area (TPSA) is 113 Å². The summed E-state index contributed by atoms with van der Waals surface area (Å²) in [5.41, 5.74) is 4.44. The maximum absolute atomic E-state index is 12.8. The van der Waals surface area contributed by atoms with Crippen LogP contribution in [0.1, 0.15) is 23.2 Å². The molecule has 0 radical (unpaired) electrons. The van der Waals surface area contributed by atoms with Crippen molar-refractivity contribution >= 4 is 28.4 Å². The molecule has 5 rings (SSSR count). The van der Waals surface area contributed by atoms with Gasteiger partial charge in [-0.3, -0.25) is 19.8 Å². The Labute approximate surface area is 195 Å². The summed E-state index contributed by atoms with van der Waals surface area (Å²) in [6.45, 7) is 2.50. The molecule has 2 atom stereocenters. The van der Waals surface area contributed by atoms with Crippen molar-refractivity contribution in [3.8, 4) is 5.75 Å². The first-order valence-corrected chi connectivity index (χ1v) is 10.9. The summed E-state index contributed by atoms with van der Waals surface area (Å²) in [4.78, 5) is 36.5. The fraction of sp³-hybridized carbons (Fsp3) is 0.280. The van der Waals surface area contributed by atoms with E-state index in [-0.39, 0.29) is 18.9 Å². The quantitative estimate of drug-likeness (QED) is 0.447. The lowest BCUT2D eigenvalue weighted by molar-refractivity contribution is -0.155. The highest BCUT2D eigenvalue weighted by molar-refractivity contribution is 6.08. The summed E-state index contributed by atoms with van der Waals surface area (Å²) >= 11 is 0. The van der Waals surface area contributed by atoms with Crippen LogP contribution in [0.5, 0.6) is 5.75 Å². The number of benzene rings is 2. The molecule has 2 aromatic carbocycles. The zero-order chi connectivity index (χ0) is 23.9. The minimum atomic E-state index is -1.44. The number of nitrogens with zero attached hydrogens (tertiary/aromatic N) is 3. The van der Waals surface area contributed by atoms with Crippen LogP contribution >= 0.6 is 0 Å². The van der Waals surface area contributed by atoms with Gasteiger partial charge in [-0.1, -0.05) is 23.4 Å². The lowest BCUT2D eigenvalue weighted by atomic mass is 9.84. The van der Waals surface area contributed by atoms with E-state index in [1.165, 1.54) is 4.90 Å². The minimum Gasteiger partial charge on any atom is -0.489 e. The predicted molar refractivity (Wildman–Crippen MR) is 123 cm³/mol. The molecule has 2 aliphatic rings. The van der Waals surface area contributed by atoms with Gasteiger partial charge in [0.05, 0.1) is 11.2 Å². The second-order valence-electron chi connectivity index (χ2n) is 8.66. The summed E-state index contributed by atoms with van der Waals surface area (Å²) in [5.74, 6) is -1.18. The number of hydrogen-bond acceptors (Lipinski definition) is 7. The number of para-hydroxylation sites is 1. The molecule has 9 nitrogen and oxygen atoms in total. The van der Waals surface area contributed by atoms with Gasteiger partial charge in [-0.2, -0.15) is 0 Å². The van der Waals surface area contributed by atoms with E-state index < -0.39 is 17.4 Å². The molecule has 1 saturated heterocycles. The largest absolute Gasteiger partial charge is 0.489 e. The van der Waals surface area contributed by atoms with Crippen molar-refractivity contribution in [1.82, 2.24) is 15.4 Å². The van der Waals surface area contributed by atoms with E-state index in [9.17, 15) is 9.59 Å². The Kier molecular flexibility index (Phi) is 5.41. The van der Waals surface area contributed by atoms with E-state index in [1.807, 2.05) is 61.5 Å². The average molecular weight is 460 g/mol.